The first-order valence-corrected chi connectivity index (χ1v) is 13.1. The largest absolute Gasteiger partial charge is 0.350 e. The van der Waals surface area contributed by atoms with E-state index in [1.165, 1.54) is 0 Å². The monoisotopic (exact) mass is 505 g/mol. The summed E-state index contributed by atoms with van der Waals surface area (Å²) in [5, 5.41) is 3.09. The van der Waals surface area contributed by atoms with E-state index in [2.05, 4.69) is 10.2 Å². The van der Waals surface area contributed by atoms with Gasteiger partial charge in [0.05, 0.1) is 6.54 Å². The fraction of sp³-hybridized carbons (Fsp3) is 0.519. The number of benzene rings is 1. The van der Waals surface area contributed by atoms with Gasteiger partial charge >= 0.3 is 0 Å². The summed E-state index contributed by atoms with van der Waals surface area (Å²) in [5.74, 6) is 1.10. The van der Waals surface area contributed by atoms with Crippen LogP contribution in [0.4, 0.5) is 11.8 Å². The lowest BCUT2D eigenvalue weighted by Crippen LogP contribution is -2.49. The number of piperazine rings is 1. The normalized spacial score (nSPS) is 19.6. The summed E-state index contributed by atoms with van der Waals surface area (Å²) in [6.07, 6.45) is 1.60. The van der Waals surface area contributed by atoms with Crippen molar-refractivity contribution in [3.8, 4) is 0 Å². The first kappa shape index (κ1) is 25.0. The van der Waals surface area contributed by atoms with E-state index in [0.717, 1.165) is 24.0 Å². The maximum absolute atomic E-state index is 13.3. The molecule has 0 unspecified atom stereocenters. The Morgan fingerprint density at radius 2 is 1.78 bits per heavy atom. The average molecular weight is 506 g/mol. The average Bonchev–Trinajstić information content (AvgIpc) is 3.53. The molecule has 196 valence electrons. The van der Waals surface area contributed by atoms with Gasteiger partial charge in [-0.05, 0) is 32.3 Å². The van der Waals surface area contributed by atoms with Crippen LogP contribution in [0.25, 0.3) is 0 Å². The van der Waals surface area contributed by atoms with E-state index in [0.29, 0.717) is 63.3 Å². The number of amides is 3. The Hall–Kier alpha value is -3.69. The molecule has 3 amide bonds. The number of hydrogen-bond donors (Lipinski definition) is 1. The highest BCUT2D eigenvalue weighted by Crippen LogP contribution is 2.36. The molecule has 4 heterocycles. The van der Waals surface area contributed by atoms with Crippen molar-refractivity contribution in [3.05, 3.63) is 47.2 Å². The van der Waals surface area contributed by atoms with Crippen LogP contribution < -0.4 is 15.1 Å². The molecule has 0 spiro atoms. The second-order valence-electron chi connectivity index (χ2n) is 10.2. The topological polar surface area (TPSA) is 102 Å². The van der Waals surface area contributed by atoms with Crippen LogP contribution in [0.5, 0.6) is 0 Å². The number of anilines is 2. The maximum atomic E-state index is 13.3. The third kappa shape index (κ3) is 4.97. The van der Waals surface area contributed by atoms with Crippen LogP contribution in [-0.4, -0.2) is 82.3 Å². The summed E-state index contributed by atoms with van der Waals surface area (Å²) in [4.78, 5) is 55.8. The van der Waals surface area contributed by atoms with Gasteiger partial charge < -0.3 is 24.9 Å². The quantitative estimate of drug-likeness (QED) is 0.639. The van der Waals surface area contributed by atoms with Crippen molar-refractivity contribution >= 4 is 29.5 Å². The Morgan fingerprint density at radius 3 is 2.46 bits per heavy atom. The molecule has 2 aromatic rings. The van der Waals surface area contributed by atoms with E-state index in [4.69, 9.17) is 9.97 Å². The highest BCUT2D eigenvalue weighted by atomic mass is 16.2. The van der Waals surface area contributed by atoms with Gasteiger partial charge in [0.2, 0.25) is 17.8 Å². The molecule has 2 saturated heterocycles. The van der Waals surface area contributed by atoms with Crippen LogP contribution in [0.2, 0.25) is 0 Å². The lowest BCUT2D eigenvalue weighted by molar-refractivity contribution is -0.129. The van der Waals surface area contributed by atoms with Gasteiger partial charge in [0, 0.05) is 57.8 Å². The summed E-state index contributed by atoms with van der Waals surface area (Å²) in [7, 11) is 0. The van der Waals surface area contributed by atoms with Gasteiger partial charge in [-0.2, -0.15) is 4.98 Å². The van der Waals surface area contributed by atoms with E-state index in [9.17, 15) is 14.4 Å². The maximum Gasteiger partial charge on any atom is 0.273 e. The van der Waals surface area contributed by atoms with Gasteiger partial charge in [-0.15, -0.1) is 0 Å². The number of carbonyl (C=O) groups is 3. The van der Waals surface area contributed by atoms with Crippen LogP contribution in [0.3, 0.4) is 0 Å². The van der Waals surface area contributed by atoms with E-state index < -0.39 is 0 Å². The van der Waals surface area contributed by atoms with E-state index >= 15 is 0 Å². The van der Waals surface area contributed by atoms with Crippen LogP contribution >= 0.6 is 0 Å². The summed E-state index contributed by atoms with van der Waals surface area (Å²) in [5.41, 5.74) is 2.28. The van der Waals surface area contributed by atoms with Crippen LogP contribution in [0, 0.1) is 0 Å². The Morgan fingerprint density at radius 1 is 1.05 bits per heavy atom. The number of fused-ring (bicyclic) bond motifs is 1. The fourth-order valence-corrected chi connectivity index (χ4v) is 5.37. The third-order valence-electron chi connectivity index (χ3n) is 7.53. The van der Waals surface area contributed by atoms with Crippen molar-refractivity contribution in [2.45, 2.75) is 58.8 Å². The molecule has 2 fully saturated rings. The summed E-state index contributed by atoms with van der Waals surface area (Å²) >= 11 is 0. The molecule has 0 aliphatic carbocycles. The van der Waals surface area contributed by atoms with Crippen molar-refractivity contribution in [1.82, 2.24) is 25.1 Å². The standard InChI is InChI=1S/C27H35N7O3/c1-18(2)34-17-21-23(26(34)37)29-27(32-14-12-31(13-15-32)19(3)35)30-24(21)33-11-7-10-22(33)25(36)28-16-20-8-5-4-6-9-20/h4-6,8-9,18,22H,7,10-17H2,1-3H3,(H,28,36)/t22-/m0/s1. The Balaban J connectivity index is 1.43. The zero-order chi connectivity index (χ0) is 26.1. The summed E-state index contributed by atoms with van der Waals surface area (Å²) in [6.45, 7) is 9.54. The number of aromatic nitrogens is 2. The number of carbonyl (C=O) groups excluding carboxylic acids is 3. The molecule has 10 nitrogen and oxygen atoms in total. The smallest absolute Gasteiger partial charge is 0.273 e. The molecule has 1 atom stereocenters. The lowest BCUT2D eigenvalue weighted by Gasteiger charge is -2.35. The number of hydrogen-bond acceptors (Lipinski definition) is 7. The van der Waals surface area contributed by atoms with Gasteiger partial charge in [-0.25, -0.2) is 4.98 Å². The molecule has 10 heteroatoms. The molecule has 0 saturated carbocycles. The third-order valence-corrected chi connectivity index (χ3v) is 7.53. The van der Waals surface area contributed by atoms with Crippen LogP contribution in [-0.2, 0) is 22.7 Å². The second-order valence-corrected chi connectivity index (χ2v) is 10.2. The summed E-state index contributed by atoms with van der Waals surface area (Å²) < 4.78 is 0. The molecule has 1 aromatic carbocycles. The minimum absolute atomic E-state index is 0.0284. The molecule has 37 heavy (non-hydrogen) atoms. The Labute approximate surface area is 217 Å². The molecule has 3 aliphatic rings. The first-order valence-electron chi connectivity index (χ1n) is 13.1. The molecule has 1 aromatic heterocycles. The molecular weight excluding hydrogens is 470 g/mol. The molecular formula is C27H35N7O3. The zero-order valence-corrected chi connectivity index (χ0v) is 21.8. The van der Waals surface area contributed by atoms with Gasteiger partial charge in [-0.1, -0.05) is 30.3 Å². The van der Waals surface area contributed by atoms with E-state index in [1.54, 1.807) is 11.8 Å². The molecule has 0 radical (unpaired) electrons. The number of rotatable bonds is 6. The minimum Gasteiger partial charge on any atom is -0.350 e. The second kappa shape index (κ2) is 10.4. The van der Waals surface area contributed by atoms with Gasteiger partial charge in [0.15, 0.2) is 0 Å². The highest BCUT2D eigenvalue weighted by Gasteiger charge is 2.40. The van der Waals surface area contributed by atoms with E-state index in [-0.39, 0.29) is 29.8 Å². The zero-order valence-electron chi connectivity index (χ0n) is 21.8. The van der Waals surface area contributed by atoms with Crippen molar-refractivity contribution in [1.29, 1.82) is 0 Å². The SMILES string of the molecule is CC(=O)N1CCN(c2nc3c(c(N4CCC[C@H]4C(=O)NCc4ccccc4)n2)CN(C(C)C)C3=O)CC1. The minimum atomic E-state index is -0.353. The van der Waals surface area contributed by atoms with Gasteiger partial charge in [0.25, 0.3) is 5.91 Å². The van der Waals surface area contributed by atoms with Crippen molar-refractivity contribution < 1.29 is 14.4 Å². The van der Waals surface area contributed by atoms with Crippen LogP contribution in [0.15, 0.2) is 30.3 Å². The molecule has 0 bridgehead atoms. The lowest BCUT2D eigenvalue weighted by atomic mass is 10.1. The fourth-order valence-electron chi connectivity index (χ4n) is 5.37. The molecule has 5 rings (SSSR count). The van der Waals surface area contributed by atoms with Gasteiger partial charge in [0.1, 0.15) is 17.6 Å². The van der Waals surface area contributed by atoms with Crippen molar-refractivity contribution in [3.63, 3.8) is 0 Å². The first-order chi connectivity index (χ1) is 17.8. The van der Waals surface area contributed by atoms with E-state index in [1.807, 2.05) is 54.0 Å². The van der Waals surface area contributed by atoms with Crippen molar-refractivity contribution in [2.24, 2.45) is 0 Å². The summed E-state index contributed by atoms with van der Waals surface area (Å²) in [6, 6.07) is 9.54. The highest BCUT2D eigenvalue weighted by molar-refractivity contribution is 5.99. The Bertz CT molecular complexity index is 1180. The van der Waals surface area contributed by atoms with Crippen molar-refractivity contribution in [2.75, 3.05) is 42.5 Å². The Kier molecular flexibility index (Phi) is 6.99. The van der Waals surface area contributed by atoms with Crippen LogP contribution in [0.1, 0.15) is 55.2 Å². The predicted molar refractivity (Wildman–Crippen MR) is 140 cm³/mol. The number of nitrogens with one attached hydrogen (secondary N) is 1. The molecule has 3 aliphatic heterocycles. The predicted octanol–water partition coefficient (Wildman–Crippen LogP) is 1.79. The number of nitrogens with zero attached hydrogens (tertiary/aromatic N) is 6. The van der Waals surface area contributed by atoms with Gasteiger partial charge in [-0.3, -0.25) is 14.4 Å². The molecule has 1 N–H and O–H groups in total.